The molecule has 1 aromatic carbocycles. The molecule has 0 aromatic heterocycles. The Balaban J connectivity index is 1.87. The topological polar surface area (TPSA) is 38.5 Å². The second kappa shape index (κ2) is 6.64. The minimum atomic E-state index is 0.733. The highest BCUT2D eigenvalue weighted by molar-refractivity contribution is 5.54. The van der Waals surface area contributed by atoms with E-state index in [1.165, 1.54) is 31.5 Å². The SMILES string of the molecule is CCCOc1ccc(CCN2CCCC2)cc1N. The van der Waals surface area contributed by atoms with Crippen LogP contribution < -0.4 is 10.5 Å². The van der Waals surface area contributed by atoms with Gasteiger partial charge in [0.1, 0.15) is 5.75 Å². The van der Waals surface area contributed by atoms with Crippen LogP contribution in [0.5, 0.6) is 5.75 Å². The van der Waals surface area contributed by atoms with Gasteiger partial charge in [-0.15, -0.1) is 0 Å². The Bertz CT molecular complexity index is 373. The molecule has 1 saturated heterocycles. The van der Waals surface area contributed by atoms with Crippen molar-refractivity contribution < 1.29 is 4.74 Å². The van der Waals surface area contributed by atoms with Crippen LogP contribution in [-0.2, 0) is 6.42 Å². The predicted molar refractivity (Wildman–Crippen MR) is 76.0 cm³/mol. The lowest BCUT2D eigenvalue weighted by molar-refractivity contribution is 0.319. The zero-order valence-electron chi connectivity index (χ0n) is 11.3. The van der Waals surface area contributed by atoms with E-state index in [1.54, 1.807) is 0 Å². The van der Waals surface area contributed by atoms with Crippen LogP contribution in [-0.4, -0.2) is 31.1 Å². The van der Waals surface area contributed by atoms with Gasteiger partial charge in [-0.25, -0.2) is 0 Å². The first-order chi connectivity index (χ1) is 8.79. The molecule has 1 aliphatic rings. The summed E-state index contributed by atoms with van der Waals surface area (Å²) in [6.07, 6.45) is 4.80. The van der Waals surface area contributed by atoms with Crippen LogP contribution in [0.2, 0.25) is 0 Å². The normalized spacial score (nSPS) is 16.1. The molecule has 2 N–H and O–H groups in total. The largest absolute Gasteiger partial charge is 0.491 e. The first-order valence-corrected chi connectivity index (χ1v) is 7.03. The molecule has 18 heavy (non-hydrogen) atoms. The molecular weight excluding hydrogens is 224 g/mol. The molecule has 0 amide bonds. The summed E-state index contributed by atoms with van der Waals surface area (Å²) in [5.41, 5.74) is 8.08. The van der Waals surface area contributed by atoms with Gasteiger partial charge >= 0.3 is 0 Å². The molecule has 1 fully saturated rings. The van der Waals surface area contributed by atoms with Crippen molar-refractivity contribution in [3.05, 3.63) is 23.8 Å². The number of hydrogen-bond donors (Lipinski definition) is 1. The van der Waals surface area contributed by atoms with Crippen molar-refractivity contribution in [1.29, 1.82) is 0 Å². The van der Waals surface area contributed by atoms with Crippen LogP contribution in [0.3, 0.4) is 0 Å². The molecule has 2 rings (SSSR count). The van der Waals surface area contributed by atoms with Gasteiger partial charge in [0.25, 0.3) is 0 Å². The van der Waals surface area contributed by atoms with Crippen LogP contribution in [0, 0.1) is 0 Å². The molecule has 0 radical (unpaired) electrons. The number of rotatable bonds is 6. The van der Waals surface area contributed by atoms with Crippen LogP contribution >= 0.6 is 0 Å². The third-order valence-corrected chi connectivity index (χ3v) is 3.45. The summed E-state index contributed by atoms with van der Waals surface area (Å²) in [5, 5.41) is 0. The maximum atomic E-state index is 6.01. The van der Waals surface area contributed by atoms with Gasteiger partial charge in [0.2, 0.25) is 0 Å². The Morgan fingerprint density at radius 3 is 2.72 bits per heavy atom. The monoisotopic (exact) mass is 248 g/mol. The van der Waals surface area contributed by atoms with Crippen LogP contribution in [0.25, 0.3) is 0 Å². The summed E-state index contributed by atoms with van der Waals surface area (Å²) in [6, 6.07) is 6.20. The van der Waals surface area contributed by atoms with Crippen LogP contribution in [0.4, 0.5) is 5.69 Å². The third kappa shape index (κ3) is 3.64. The Kier molecular flexibility index (Phi) is 4.88. The molecule has 0 saturated carbocycles. The summed E-state index contributed by atoms with van der Waals surface area (Å²) >= 11 is 0. The van der Waals surface area contributed by atoms with E-state index in [0.717, 1.165) is 37.4 Å². The predicted octanol–water partition coefficient (Wildman–Crippen LogP) is 2.70. The molecule has 1 aliphatic heterocycles. The highest BCUT2D eigenvalue weighted by Crippen LogP contribution is 2.23. The van der Waals surface area contributed by atoms with E-state index < -0.39 is 0 Å². The van der Waals surface area contributed by atoms with Crippen LogP contribution in [0.1, 0.15) is 31.7 Å². The summed E-state index contributed by atoms with van der Waals surface area (Å²) in [6.45, 7) is 6.49. The standard InChI is InChI=1S/C15H24N2O/c1-2-11-18-15-6-5-13(12-14(15)16)7-10-17-8-3-4-9-17/h5-6,12H,2-4,7-11,16H2,1H3. The van der Waals surface area contributed by atoms with E-state index in [0.29, 0.717) is 0 Å². The third-order valence-electron chi connectivity index (χ3n) is 3.45. The first-order valence-electron chi connectivity index (χ1n) is 7.03. The van der Waals surface area contributed by atoms with Crippen molar-refractivity contribution in [3.8, 4) is 5.75 Å². The smallest absolute Gasteiger partial charge is 0.142 e. The molecular formula is C15H24N2O. The number of anilines is 1. The minimum absolute atomic E-state index is 0.733. The minimum Gasteiger partial charge on any atom is -0.491 e. The van der Waals surface area contributed by atoms with Crippen molar-refractivity contribution in [3.63, 3.8) is 0 Å². The quantitative estimate of drug-likeness (QED) is 0.787. The fraction of sp³-hybridized carbons (Fsp3) is 0.600. The molecule has 3 nitrogen and oxygen atoms in total. The van der Waals surface area contributed by atoms with E-state index in [2.05, 4.69) is 24.0 Å². The van der Waals surface area contributed by atoms with E-state index in [1.807, 2.05) is 6.07 Å². The van der Waals surface area contributed by atoms with Gasteiger partial charge in [-0.1, -0.05) is 13.0 Å². The fourth-order valence-electron chi connectivity index (χ4n) is 2.39. The number of ether oxygens (including phenoxy) is 1. The number of nitrogens with two attached hydrogens (primary N) is 1. The lowest BCUT2D eigenvalue weighted by Gasteiger charge is -2.15. The van der Waals surface area contributed by atoms with Gasteiger partial charge < -0.3 is 15.4 Å². The molecule has 0 unspecified atom stereocenters. The van der Waals surface area contributed by atoms with E-state index in [4.69, 9.17) is 10.5 Å². The Morgan fingerprint density at radius 1 is 1.28 bits per heavy atom. The summed E-state index contributed by atoms with van der Waals surface area (Å²) in [4.78, 5) is 2.53. The lowest BCUT2D eigenvalue weighted by atomic mass is 10.1. The summed E-state index contributed by atoms with van der Waals surface area (Å²) < 4.78 is 5.58. The maximum Gasteiger partial charge on any atom is 0.142 e. The highest BCUT2D eigenvalue weighted by atomic mass is 16.5. The molecule has 0 spiro atoms. The molecule has 0 bridgehead atoms. The van der Waals surface area contributed by atoms with Gasteiger partial charge in [-0.3, -0.25) is 0 Å². The lowest BCUT2D eigenvalue weighted by Crippen LogP contribution is -2.21. The zero-order valence-corrected chi connectivity index (χ0v) is 11.3. The van der Waals surface area contributed by atoms with Gasteiger partial charge in [-0.2, -0.15) is 0 Å². The van der Waals surface area contributed by atoms with E-state index in [-0.39, 0.29) is 0 Å². The van der Waals surface area contributed by atoms with Crippen molar-refractivity contribution >= 4 is 5.69 Å². The van der Waals surface area contributed by atoms with Gasteiger partial charge in [0.15, 0.2) is 0 Å². The number of benzene rings is 1. The Morgan fingerprint density at radius 2 is 2.06 bits per heavy atom. The maximum absolute atomic E-state index is 6.01. The van der Waals surface area contributed by atoms with Gasteiger partial charge in [0.05, 0.1) is 12.3 Å². The molecule has 1 heterocycles. The molecule has 0 atom stereocenters. The average Bonchev–Trinajstić information content (AvgIpc) is 2.88. The number of nitrogens with zero attached hydrogens (tertiary/aromatic N) is 1. The van der Waals surface area contributed by atoms with E-state index >= 15 is 0 Å². The zero-order chi connectivity index (χ0) is 12.8. The fourth-order valence-corrected chi connectivity index (χ4v) is 2.39. The summed E-state index contributed by atoms with van der Waals surface area (Å²) in [5.74, 6) is 0.821. The molecule has 100 valence electrons. The first kappa shape index (κ1) is 13.2. The second-order valence-corrected chi connectivity index (χ2v) is 5.02. The number of nitrogen functional groups attached to an aromatic ring is 1. The number of likely N-dealkylation sites (tertiary alicyclic amines) is 1. The molecule has 3 heteroatoms. The Labute approximate surface area is 110 Å². The van der Waals surface area contributed by atoms with Crippen molar-refractivity contribution in [2.75, 3.05) is 32.0 Å². The Hall–Kier alpha value is -1.22. The van der Waals surface area contributed by atoms with Gasteiger partial charge in [0, 0.05) is 6.54 Å². The van der Waals surface area contributed by atoms with Crippen molar-refractivity contribution in [2.24, 2.45) is 0 Å². The van der Waals surface area contributed by atoms with Crippen molar-refractivity contribution in [1.82, 2.24) is 4.90 Å². The molecule has 0 aliphatic carbocycles. The summed E-state index contributed by atoms with van der Waals surface area (Å²) in [7, 11) is 0. The highest BCUT2D eigenvalue weighted by Gasteiger charge is 2.11. The van der Waals surface area contributed by atoms with Crippen LogP contribution in [0.15, 0.2) is 18.2 Å². The van der Waals surface area contributed by atoms with Gasteiger partial charge in [-0.05, 0) is 56.5 Å². The average molecular weight is 248 g/mol. The second-order valence-electron chi connectivity index (χ2n) is 5.02. The van der Waals surface area contributed by atoms with Crippen molar-refractivity contribution in [2.45, 2.75) is 32.6 Å². The van der Waals surface area contributed by atoms with E-state index in [9.17, 15) is 0 Å². The number of hydrogen-bond acceptors (Lipinski definition) is 3. The molecule has 1 aromatic rings.